The van der Waals surface area contributed by atoms with Gasteiger partial charge in [-0.1, -0.05) is 37.6 Å². The molecule has 0 aliphatic carbocycles. The van der Waals surface area contributed by atoms with Crippen molar-refractivity contribution in [1.82, 2.24) is 10.2 Å². The van der Waals surface area contributed by atoms with Gasteiger partial charge in [-0.15, -0.1) is 0 Å². The maximum absolute atomic E-state index is 12.7. The zero-order valence-electron chi connectivity index (χ0n) is 16.0. The molecule has 0 unspecified atom stereocenters. The highest BCUT2D eigenvalue weighted by Gasteiger charge is 2.16. The van der Waals surface area contributed by atoms with Gasteiger partial charge in [0.15, 0.2) is 0 Å². The quantitative estimate of drug-likeness (QED) is 0.765. The fourth-order valence-corrected chi connectivity index (χ4v) is 3.15. The summed E-state index contributed by atoms with van der Waals surface area (Å²) in [5, 5.41) is 2.84. The third kappa shape index (κ3) is 4.67. The van der Waals surface area contributed by atoms with E-state index in [1.807, 2.05) is 24.3 Å². The number of hydrogen-bond acceptors (Lipinski definition) is 3. The molecule has 2 amide bonds. The molecule has 2 aromatic carbocycles. The maximum Gasteiger partial charge on any atom is 0.254 e. The number of unbranched alkanes of at least 4 members (excludes halogenated alkanes) is 1. The summed E-state index contributed by atoms with van der Waals surface area (Å²) in [6, 6.07) is 13.7. The van der Waals surface area contributed by atoms with Gasteiger partial charge in [-0.25, -0.2) is 0 Å². The lowest BCUT2D eigenvalue weighted by Crippen LogP contribution is -2.38. The van der Waals surface area contributed by atoms with Crippen LogP contribution in [0, 0.1) is 0 Å². The van der Waals surface area contributed by atoms with E-state index in [1.165, 1.54) is 10.5 Å². The largest absolute Gasteiger partial charge is 0.493 e. The minimum absolute atomic E-state index is 0.0550. The van der Waals surface area contributed by atoms with Gasteiger partial charge in [-0.05, 0) is 41.3 Å². The molecule has 0 radical (unpaired) electrons. The van der Waals surface area contributed by atoms with Gasteiger partial charge < -0.3 is 15.0 Å². The van der Waals surface area contributed by atoms with E-state index in [-0.39, 0.29) is 18.4 Å². The lowest BCUT2D eigenvalue weighted by Gasteiger charge is -2.17. The molecular weight excluding hydrogens is 340 g/mol. The highest BCUT2D eigenvalue weighted by Crippen LogP contribution is 2.31. The van der Waals surface area contributed by atoms with Crippen molar-refractivity contribution in [2.45, 2.75) is 26.2 Å². The van der Waals surface area contributed by atoms with E-state index in [1.54, 1.807) is 13.1 Å². The molecule has 3 rings (SSSR count). The Bertz CT molecular complexity index is 832. The Morgan fingerprint density at radius 3 is 2.78 bits per heavy atom. The fourth-order valence-electron chi connectivity index (χ4n) is 3.15. The zero-order chi connectivity index (χ0) is 19.2. The molecule has 0 fully saturated rings. The topological polar surface area (TPSA) is 58.6 Å². The molecule has 0 atom stereocenters. The molecule has 1 heterocycles. The van der Waals surface area contributed by atoms with Crippen LogP contribution in [0.3, 0.4) is 0 Å². The molecule has 1 N–H and O–H groups in total. The van der Waals surface area contributed by atoms with Crippen LogP contribution < -0.4 is 10.1 Å². The first-order valence-electron chi connectivity index (χ1n) is 9.47. The van der Waals surface area contributed by atoms with E-state index in [4.69, 9.17) is 4.74 Å². The molecule has 0 saturated carbocycles. The summed E-state index contributed by atoms with van der Waals surface area (Å²) in [4.78, 5) is 26.1. The molecule has 0 aromatic heterocycles. The fraction of sp³-hybridized carbons (Fsp3) is 0.364. The van der Waals surface area contributed by atoms with Gasteiger partial charge in [0.2, 0.25) is 5.91 Å². The van der Waals surface area contributed by atoms with E-state index in [0.717, 1.165) is 42.7 Å². The molecular formula is C22H26N2O3. The summed E-state index contributed by atoms with van der Waals surface area (Å²) in [6.07, 6.45) is 2.91. The van der Waals surface area contributed by atoms with Crippen LogP contribution in [0.15, 0.2) is 42.5 Å². The molecule has 27 heavy (non-hydrogen) atoms. The predicted molar refractivity (Wildman–Crippen MR) is 106 cm³/mol. The van der Waals surface area contributed by atoms with Crippen molar-refractivity contribution < 1.29 is 14.3 Å². The van der Waals surface area contributed by atoms with Crippen LogP contribution in [0.2, 0.25) is 0 Å². The van der Waals surface area contributed by atoms with Gasteiger partial charge in [0.25, 0.3) is 5.91 Å². The van der Waals surface area contributed by atoms with Crippen LogP contribution in [-0.2, 0) is 11.2 Å². The summed E-state index contributed by atoms with van der Waals surface area (Å²) in [5.74, 6) is 0.622. The Kier molecular flexibility index (Phi) is 6.12. The smallest absolute Gasteiger partial charge is 0.254 e. The van der Waals surface area contributed by atoms with Crippen LogP contribution >= 0.6 is 0 Å². The Labute approximate surface area is 160 Å². The molecule has 5 nitrogen and oxygen atoms in total. The van der Waals surface area contributed by atoms with E-state index in [0.29, 0.717) is 12.1 Å². The summed E-state index contributed by atoms with van der Waals surface area (Å²) in [6.45, 7) is 3.50. The maximum atomic E-state index is 12.7. The average molecular weight is 366 g/mol. The molecule has 0 bridgehead atoms. The molecule has 5 heteroatoms. The first-order valence-corrected chi connectivity index (χ1v) is 9.47. The number of nitrogens with one attached hydrogen (secondary N) is 1. The van der Waals surface area contributed by atoms with E-state index in [2.05, 4.69) is 24.4 Å². The van der Waals surface area contributed by atoms with Crippen LogP contribution in [-0.4, -0.2) is 43.5 Å². The highest BCUT2D eigenvalue weighted by atomic mass is 16.5. The first kappa shape index (κ1) is 19.0. The van der Waals surface area contributed by atoms with Gasteiger partial charge in [-0.2, -0.15) is 0 Å². The minimum atomic E-state index is -0.167. The van der Waals surface area contributed by atoms with Crippen molar-refractivity contribution in [3.05, 3.63) is 53.6 Å². The Morgan fingerprint density at radius 1 is 1.15 bits per heavy atom. The lowest BCUT2D eigenvalue weighted by atomic mass is 10.0. The minimum Gasteiger partial charge on any atom is -0.493 e. The predicted octanol–water partition coefficient (Wildman–Crippen LogP) is 3.28. The van der Waals surface area contributed by atoms with E-state index < -0.39 is 0 Å². The molecule has 0 saturated heterocycles. The van der Waals surface area contributed by atoms with Crippen molar-refractivity contribution in [3.63, 3.8) is 0 Å². The number of fused-ring (bicyclic) bond motifs is 1. The summed E-state index contributed by atoms with van der Waals surface area (Å²) >= 11 is 0. The normalized spacial score (nSPS) is 12.2. The molecule has 1 aliphatic heterocycles. The molecule has 142 valence electrons. The van der Waals surface area contributed by atoms with Gasteiger partial charge >= 0.3 is 0 Å². The third-order valence-electron chi connectivity index (χ3n) is 4.72. The third-order valence-corrected chi connectivity index (χ3v) is 4.72. The number of hydrogen-bond donors (Lipinski definition) is 1. The number of likely N-dealkylation sites (N-methyl/N-ethyl adjacent to an activating group) is 1. The van der Waals surface area contributed by atoms with Crippen LogP contribution in [0.25, 0.3) is 11.1 Å². The number of rotatable bonds is 7. The SMILES string of the molecule is CCCCNC(=O)CN(C)C(=O)c1cccc(-c2ccc3c(c2)OCC3)c1. The second-order valence-corrected chi connectivity index (χ2v) is 6.87. The number of ether oxygens (including phenoxy) is 1. The Morgan fingerprint density at radius 2 is 1.96 bits per heavy atom. The van der Waals surface area contributed by atoms with Crippen molar-refractivity contribution >= 4 is 11.8 Å². The van der Waals surface area contributed by atoms with Gasteiger partial charge in [0.1, 0.15) is 5.75 Å². The molecule has 0 spiro atoms. The van der Waals surface area contributed by atoms with E-state index in [9.17, 15) is 9.59 Å². The summed E-state index contributed by atoms with van der Waals surface area (Å²) in [7, 11) is 1.65. The second kappa shape index (κ2) is 8.71. The monoisotopic (exact) mass is 366 g/mol. The highest BCUT2D eigenvalue weighted by molar-refractivity contribution is 5.97. The van der Waals surface area contributed by atoms with Crippen LogP contribution in [0.1, 0.15) is 35.7 Å². The van der Waals surface area contributed by atoms with Gasteiger partial charge in [0.05, 0.1) is 13.2 Å². The van der Waals surface area contributed by atoms with Crippen molar-refractivity contribution in [1.29, 1.82) is 0 Å². The Hall–Kier alpha value is -2.82. The number of nitrogens with zero attached hydrogens (tertiary/aromatic N) is 1. The van der Waals surface area contributed by atoms with E-state index >= 15 is 0 Å². The average Bonchev–Trinajstić information content (AvgIpc) is 3.15. The van der Waals surface area contributed by atoms with Gasteiger partial charge in [-0.3, -0.25) is 9.59 Å². The molecule has 2 aromatic rings. The van der Waals surface area contributed by atoms with Gasteiger partial charge in [0, 0.05) is 25.6 Å². The molecule has 1 aliphatic rings. The van der Waals surface area contributed by atoms with Crippen LogP contribution in [0.4, 0.5) is 0 Å². The van der Waals surface area contributed by atoms with Crippen LogP contribution in [0.5, 0.6) is 5.75 Å². The standard InChI is InChI=1S/C22H26N2O3/c1-3-4-11-23-21(25)15-24(2)22(26)19-7-5-6-17(13-19)18-9-8-16-10-12-27-20(16)14-18/h5-9,13-14H,3-4,10-12,15H2,1-2H3,(H,23,25). The van der Waals surface area contributed by atoms with Crippen molar-refractivity contribution in [2.24, 2.45) is 0 Å². The zero-order valence-corrected chi connectivity index (χ0v) is 16.0. The number of carbonyl (C=O) groups is 2. The van der Waals surface area contributed by atoms with Crippen molar-refractivity contribution in [3.8, 4) is 16.9 Å². The number of amides is 2. The second-order valence-electron chi connectivity index (χ2n) is 6.87. The van der Waals surface area contributed by atoms with Crippen molar-refractivity contribution in [2.75, 3.05) is 26.7 Å². The Balaban J connectivity index is 1.69. The lowest BCUT2D eigenvalue weighted by molar-refractivity contribution is -0.121. The summed E-state index contributed by atoms with van der Waals surface area (Å²) in [5.41, 5.74) is 3.77. The number of benzene rings is 2. The number of carbonyl (C=O) groups excluding carboxylic acids is 2. The summed E-state index contributed by atoms with van der Waals surface area (Å²) < 4.78 is 5.64. The first-order chi connectivity index (χ1) is 13.1.